The summed E-state index contributed by atoms with van der Waals surface area (Å²) < 4.78 is 0. The maximum atomic E-state index is 12.4. The Balaban J connectivity index is 1.50. The number of hydrogen-bond donors (Lipinski definition) is 2. The molecule has 4 fully saturated rings. The second kappa shape index (κ2) is 4.93. The zero-order valence-corrected chi connectivity index (χ0v) is 13.0. The Hall–Kier alpha value is -1.65. The van der Waals surface area contributed by atoms with Gasteiger partial charge in [0.2, 0.25) is 0 Å². The molecule has 5 rings (SSSR count). The molecule has 4 aliphatic rings. The molecule has 2 N–H and O–H groups in total. The molecule has 1 heterocycles. The van der Waals surface area contributed by atoms with E-state index in [1.165, 1.54) is 44.7 Å². The van der Waals surface area contributed by atoms with Crippen molar-refractivity contribution in [1.29, 1.82) is 0 Å². The predicted molar refractivity (Wildman–Crippen MR) is 82.4 cm³/mol. The van der Waals surface area contributed by atoms with E-state index in [0.717, 1.165) is 24.0 Å². The number of aromatic nitrogens is 2. The van der Waals surface area contributed by atoms with Crippen LogP contribution in [0.15, 0.2) is 17.2 Å². The van der Waals surface area contributed by atoms with E-state index < -0.39 is 0 Å². The van der Waals surface area contributed by atoms with Gasteiger partial charge in [0.1, 0.15) is 5.69 Å². The standard InChI is InChI=1S/C17H23N3O2/c1-10(20-16(22)14-8-19-15(21)9-18-14)17-5-11-2-12(6-17)4-13(3-11)7-17/h8-13H,2-7H2,1H3,(H,19,21)(H,20,22). The number of carbonyl (C=O) groups excluding carboxylic acids is 1. The molecular weight excluding hydrogens is 278 g/mol. The number of hydrogen-bond acceptors (Lipinski definition) is 3. The predicted octanol–water partition coefficient (Wildman–Crippen LogP) is 2.10. The molecule has 5 nitrogen and oxygen atoms in total. The van der Waals surface area contributed by atoms with Crippen LogP contribution in [0.4, 0.5) is 0 Å². The maximum Gasteiger partial charge on any atom is 0.271 e. The molecule has 1 atom stereocenters. The van der Waals surface area contributed by atoms with E-state index in [2.05, 4.69) is 22.2 Å². The number of aromatic amines is 1. The summed E-state index contributed by atoms with van der Waals surface area (Å²) in [4.78, 5) is 29.8. The summed E-state index contributed by atoms with van der Waals surface area (Å²) in [5, 5.41) is 3.15. The molecule has 22 heavy (non-hydrogen) atoms. The molecule has 1 unspecified atom stereocenters. The van der Waals surface area contributed by atoms with Crippen LogP contribution in [0.25, 0.3) is 0 Å². The van der Waals surface area contributed by atoms with E-state index in [9.17, 15) is 9.59 Å². The minimum Gasteiger partial charge on any atom is -0.348 e. The lowest BCUT2D eigenvalue weighted by molar-refractivity contribution is -0.0688. The maximum absolute atomic E-state index is 12.4. The first-order valence-electron chi connectivity index (χ1n) is 8.40. The zero-order valence-electron chi connectivity index (χ0n) is 13.0. The first-order valence-corrected chi connectivity index (χ1v) is 8.40. The van der Waals surface area contributed by atoms with Gasteiger partial charge in [-0.1, -0.05) is 0 Å². The van der Waals surface area contributed by atoms with Crippen LogP contribution in [0, 0.1) is 23.2 Å². The van der Waals surface area contributed by atoms with Crippen LogP contribution in [0.5, 0.6) is 0 Å². The number of H-pyrrole nitrogens is 1. The quantitative estimate of drug-likeness (QED) is 0.898. The van der Waals surface area contributed by atoms with Crippen molar-refractivity contribution in [2.24, 2.45) is 23.2 Å². The fraction of sp³-hybridized carbons (Fsp3) is 0.706. The molecule has 4 bridgehead atoms. The molecule has 0 spiro atoms. The van der Waals surface area contributed by atoms with Crippen molar-refractivity contribution in [2.45, 2.75) is 51.5 Å². The van der Waals surface area contributed by atoms with Gasteiger partial charge in [-0.3, -0.25) is 9.59 Å². The summed E-state index contributed by atoms with van der Waals surface area (Å²) in [7, 11) is 0. The lowest BCUT2D eigenvalue weighted by Crippen LogP contribution is -2.55. The number of nitrogens with zero attached hydrogens (tertiary/aromatic N) is 1. The van der Waals surface area contributed by atoms with Crippen LogP contribution >= 0.6 is 0 Å². The van der Waals surface area contributed by atoms with E-state index in [1.54, 1.807) is 0 Å². The van der Waals surface area contributed by atoms with E-state index in [0.29, 0.717) is 0 Å². The molecule has 0 radical (unpaired) electrons. The van der Waals surface area contributed by atoms with Crippen LogP contribution in [0.3, 0.4) is 0 Å². The Bertz CT molecular complexity index is 596. The Kier molecular flexibility index (Phi) is 3.13. The Morgan fingerprint density at radius 3 is 2.36 bits per heavy atom. The number of nitrogens with one attached hydrogen (secondary N) is 2. The van der Waals surface area contributed by atoms with E-state index in [-0.39, 0.29) is 28.6 Å². The Morgan fingerprint density at radius 2 is 1.86 bits per heavy atom. The molecule has 1 aromatic rings. The van der Waals surface area contributed by atoms with Crippen LogP contribution in [0.2, 0.25) is 0 Å². The van der Waals surface area contributed by atoms with Crippen molar-refractivity contribution < 1.29 is 4.79 Å². The lowest BCUT2D eigenvalue weighted by atomic mass is 9.48. The summed E-state index contributed by atoms with van der Waals surface area (Å²) in [5.74, 6) is 2.44. The highest BCUT2D eigenvalue weighted by Crippen LogP contribution is 2.61. The second-order valence-corrected chi connectivity index (χ2v) is 7.77. The van der Waals surface area contributed by atoms with Gasteiger partial charge in [-0.05, 0) is 68.6 Å². The van der Waals surface area contributed by atoms with Crippen LogP contribution < -0.4 is 10.9 Å². The Morgan fingerprint density at radius 1 is 1.27 bits per heavy atom. The van der Waals surface area contributed by atoms with Crippen molar-refractivity contribution in [2.75, 3.05) is 0 Å². The van der Waals surface area contributed by atoms with Crippen molar-refractivity contribution in [3.05, 3.63) is 28.4 Å². The molecule has 4 aliphatic carbocycles. The lowest BCUT2D eigenvalue weighted by Gasteiger charge is -2.59. The van der Waals surface area contributed by atoms with Gasteiger partial charge in [-0.2, -0.15) is 0 Å². The third kappa shape index (κ3) is 2.27. The Labute approximate surface area is 129 Å². The van der Waals surface area contributed by atoms with Crippen LogP contribution in [-0.2, 0) is 0 Å². The van der Waals surface area contributed by atoms with E-state index >= 15 is 0 Å². The van der Waals surface area contributed by atoms with Gasteiger partial charge >= 0.3 is 0 Å². The van der Waals surface area contributed by atoms with Gasteiger partial charge in [0.15, 0.2) is 0 Å². The SMILES string of the molecule is CC(NC(=O)c1c[nH]c(=O)cn1)C12CC3CC(CC(C3)C1)C2. The van der Waals surface area contributed by atoms with Gasteiger partial charge in [0, 0.05) is 12.2 Å². The fourth-order valence-electron chi connectivity index (χ4n) is 5.60. The molecule has 0 aromatic carbocycles. The van der Waals surface area contributed by atoms with Crippen molar-refractivity contribution in [3.63, 3.8) is 0 Å². The first-order chi connectivity index (χ1) is 10.5. The van der Waals surface area contributed by atoms with Gasteiger partial charge in [-0.25, -0.2) is 4.98 Å². The summed E-state index contributed by atoms with van der Waals surface area (Å²) in [6.45, 7) is 2.15. The zero-order chi connectivity index (χ0) is 15.3. The summed E-state index contributed by atoms with van der Waals surface area (Å²) in [6, 6.07) is 0.169. The highest BCUT2D eigenvalue weighted by molar-refractivity contribution is 5.92. The second-order valence-electron chi connectivity index (χ2n) is 7.77. The number of amides is 1. The largest absolute Gasteiger partial charge is 0.348 e. The highest BCUT2D eigenvalue weighted by Gasteiger charge is 2.53. The highest BCUT2D eigenvalue weighted by atomic mass is 16.2. The van der Waals surface area contributed by atoms with Crippen molar-refractivity contribution in [3.8, 4) is 0 Å². The minimum atomic E-state index is -0.286. The summed E-state index contributed by atoms with van der Waals surface area (Å²) in [6.07, 6.45) is 10.6. The van der Waals surface area contributed by atoms with Crippen molar-refractivity contribution >= 4 is 5.91 Å². The van der Waals surface area contributed by atoms with E-state index in [4.69, 9.17) is 0 Å². The number of carbonyl (C=O) groups is 1. The molecule has 1 aromatic heterocycles. The average molecular weight is 301 g/mol. The molecular formula is C17H23N3O2. The molecule has 118 valence electrons. The third-order valence-corrected chi connectivity index (χ3v) is 6.26. The summed E-state index contributed by atoms with van der Waals surface area (Å²) in [5.41, 5.74) is 0.286. The monoisotopic (exact) mass is 301 g/mol. The number of rotatable bonds is 3. The minimum absolute atomic E-state index is 0.169. The van der Waals surface area contributed by atoms with Gasteiger partial charge in [-0.15, -0.1) is 0 Å². The molecule has 4 saturated carbocycles. The molecule has 0 aliphatic heterocycles. The summed E-state index contributed by atoms with van der Waals surface area (Å²) >= 11 is 0. The van der Waals surface area contributed by atoms with Crippen LogP contribution in [0.1, 0.15) is 55.9 Å². The van der Waals surface area contributed by atoms with Gasteiger partial charge in [0.25, 0.3) is 11.5 Å². The fourth-order valence-corrected chi connectivity index (χ4v) is 5.60. The van der Waals surface area contributed by atoms with Gasteiger partial charge < -0.3 is 10.3 Å². The topological polar surface area (TPSA) is 74.8 Å². The first kappa shape index (κ1) is 14.0. The molecule has 0 saturated heterocycles. The normalized spacial score (nSPS) is 37.0. The van der Waals surface area contributed by atoms with Crippen LogP contribution in [-0.4, -0.2) is 21.9 Å². The average Bonchev–Trinajstić information content (AvgIpc) is 2.46. The smallest absolute Gasteiger partial charge is 0.271 e. The molecule has 1 amide bonds. The van der Waals surface area contributed by atoms with E-state index in [1.807, 2.05) is 0 Å². The van der Waals surface area contributed by atoms with Crippen molar-refractivity contribution in [1.82, 2.24) is 15.3 Å². The van der Waals surface area contributed by atoms with Gasteiger partial charge in [0.05, 0.1) is 6.20 Å². The third-order valence-electron chi connectivity index (χ3n) is 6.26. The molecule has 5 heteroatoms.